The second kappa shape index (κ2) is 4.82. The van der Waals surface area contributed by atoms with Crippen LogP contribution in [0.2, 0.25) is 0 Å². The van der Waals surface area contributed by atoms with Gasteiger partial charge in [0.1, 0.15) is 12.4 Å². The molecular formula is C13H15N3O. The normalized spacial score (nSPS) is 10.2. The largest absolute Gasteiger partial charge is 0.326 e. The molecule has 2 rings (SSSR count). The SMILES string of the molecule is Cc1ccccc1NC(=O)Cn1ccnc1C. The van der Waals surface area contributed by atoms with Gasteiger partial charge >= 0.3 is 0 Å². The number of benzene rings is 1. The van der Waals surface area contributed by atoms with E-state index in [0.717, 1.165) is 17.1 Å². The number of hydrogen-bond donors (Lipinski definition) is 1. The molecule has 1 aromatic heterocycles. The topological polar surface area (TPSA) is 46.9 Å². The summed E-state index contributed by atoms with van der Waals surface area (Å²) < 4.78 is 1.81. The fraction of sp³-hybridized carbons (Fsp3) is 0.231. The van der Waals surface area contributed by atoms with Gasteiger partial charge in [-0.2, -0.15) is 0 Å². The molecule has 17 heavy (non-hydrogen) atoms. The lowest BCUT2D eigenvalue weighted by Gasteiger charge is -2.09. The molecule has 0 unspecified atom stereocenters. The zero-order valence-electron chi connectivity index (χ0n) is 9.97. The monoisotopic (exact) mass is 229 g/mol. The Bertz CT molecular complexity index is 531. The van der Waals surface area contributed by atoms with E-state index in [4.69, 9.17) is 0 Å². The van der Waals surface area contributed by atoms with Gasteiger partial charge in [0.15, 0.2) is 0 Å². The van der Waals surface area contributed by atoms with Crippen LogP contribution in [0.1, 0.15) is 11.4 Å². The van der Waals surface area contributed by atoms with Crippen LogP contribution in [0.4, 0.5) is 5.69 Å². The highest BCUT2D eigenvalue weighted by atomic mass is 16.1. The van der Waals surface area contributed by atoms with Gasteiger partial charge in [-0.05, 0) is 25.5 Å². The molecule has 1 N–H and O–H groups in total. The summed E-state index contributed by atoms with van der Waals surface area (Å²) in [6.07, 6.45) is 3.49. The van der Waals surface area contributed by atoms with Crippen LogP contribution in [0, 0.1) is 13.8 Å². The molecule has 0 aliphatic rings. The zero-order valence-corrected chi connectivity index (χ0v) is 9.97. The van der Waals surface area contributed by atoms with E-state index in [1.165, 1.54) is 0 Å². The average Bonchev–Trinajstić information content (AvgIpc) is 2.68. The Morgan fingerprint density at radius 2 is 2.12 bits per heavy atom. The van der Waals surface area contributed by atoms with E-state index in [2.05, 4.69) is 10.3 Å². The van der Waals surface area contributed by atoms with Crippen LogP contribution in [0.15, 0.2) is 36.7 Å². The predicted molar refractivity (Wildman–Crippen MR) is 66.8 cm³/mol. The first-order valence-corrected chi connectivity index (χ1v) is 5.50. The number of rotatable bonds is 3. The molecule has 1 aromatic carbocycles. The number of aryl methyl sites for hydroxylation is 2. The summed E-state index contributed by atoms with van der Waals surface area (Å²) >= 11 is 0. The minimum atomic E-state index is -0.0413. The van der Waals surface area contributed by atoms with Crippen molar-refractivity contribution in [2.24, 2.45) is 0 Å². The molecule has 1 heterocycles. The van der Waals surface area contributed by atoms with Crippen LogP contribution in [-0.2, 0) is 11.3 Å². The van der Waals surface area contributed by atoms with E-state index < -0.39 is 0 Å². The number of nitrogens with zero attached hydrogens (tertiary/aromatic N) is 2. The first-order chi connectivity index (χ1) is 8.16. The van der Waals surface area contributed by atoms with Gasteiger partial charge in [0.05, 0.1) is 0 Å². The maximum atomic E-state index is 11.8. The van der Waals surface area contributed by atoms with Crippen molar-refractivity contribution in [1.82, 2.24) is 9.55 Å². The van der Waals surface area contributed by atoms with Gasteiger partial charge in [-0.25, -0.2) is 4.98 Å². The fourth-order valence-electron chi connectivity index (χ4n) is 1.63. The number of carbonyl (C=O) groups is 1. The van der Waals surface area contributed by atoms with Crippen molar-refractivity contribution in [1.29, 1.82) is 0 Å². The van der Waals surface area contributed by atoms with Gasteiger partial charge in [-0.3, -0.25) is 4.79 Å². The third-order valence-electron chi connectivity index (χ3n) is 2.66. The second-order valence-corrected chi connectivity index (χ2v) is 3.97. The highest BCUT2D eigenvalue weighted by molar-refractivity contribution is 5.91. The molecule has 0 saturated carbocycles. The van der Waals surface area contributed by atoms with Crippen LogP contribution in [-0.4, -0.2) is 15.5 Å². The number of nitrogens with one attached hydrogen (secondary N) is 1. The molecule has 2 aromatic rings. The van der Waals surface area contributed by atoms with Gasteiger partial charge in [0.2, 0.25) is 5.91 Å². The van der Waals surface area contributed by atoms with E-state index >= 15 is 0 Å². The number of aromatic nitrogens is 2. The molecular weight excluding hydrogens is 214 g/mol. The first kappa shape index (κ1) is 11.4. The van der Waals surface area contributed by atoms with Crippen LogP contribution < -0.4 is 5.32 Å². The Kier molecular flexibility index (Phi) is 3.23. The Labute approximate surface area is 100 Å². The van der Waals surface area contributed by atoms with Crippen molar-refractivity contribution >= 4 is 11.6 Å². The van der Waals surface area contributed by atoms with Crippen molar-refractivity contribution in [3.8, 4) is 0 Å². The Morgan fingerprint density at radius 1 is 1.35 bits per heavy atom. The van der Waals surface area contributed by atoms with Crippen LogP contribution in [0.3, 0.4) is 0 Å². The summed E-state index contributed by atoms with van der Waals surface area (Å²) in [4.78, 5) is 15.9. The van der Waals surface area contributed by atoms with Crippen molar-refractivity contribution in [2.45, 2.75) is 20.4 Å². The first-order valence-electron chi connectivity index (χ1n) is 5.50. The summed E-state index contributed by atoms with van der Waals surface area (Å²) in [6.45, 7) is 4.14. The highest BCUT2D eigenvalue weighted by Crippen LogP contribution is 2.13. The molecule has 0 bridgehead atoms. The number of anilines is 1. The summed E-state index contributed by atoms with van der Waals surface area (Å²) in [5.74, 6) is 0.797. The van der Waals surface area contributed by atoms with Crippen molar-refractivity contribution < 1.29 is 4.79 Å². The molecule has 0 aliphatic carbocycles. The third kappa shape index (κ3) is 2.72. The quantitative estimate of drug-likeness (QED) is 0.876. The Hall–Kier alpha value is -2.10. The molecule has 0 spiro atoms. The summed E-state index contributed by atoms with van der Waals surface area (Å²) in [5, 5.41) is 2.89. The molecule has 0 aliphatic heterocycles. The van der Waals surface area contributed by atoms with Crippen LogP contribution in [0.5, 0.6) is 0 Å². The fourth-order valence-corrected chi connectivity index (χ4v) is 1.63. The van der Waals surface area contributed by atoms with Gasteiger partial charge in [0, 0.05) is 18.1 Å². The lowest BCUT2D eigenvalue weighted by Crippen LogP contribution is -2.19. The zero-order chi connectivity index (χ0) is 12.3. The van der Waals surface area contributed by atoms with E-state index in [1.807, 2.05) is 42.7 Å². The van der Waals surface area contributed by atoms with Gasteiger partial charge in [0.25, 0.3) is 0 Å². The van der Waals surface area contributed by atoms with E-state index in [0.29, 0.717) is 6.54 Å². The second-order valence-electron chi connectivity index (χ2n) is 3.97. The van der Waals surface area contributed by atoms with Gasteiger partial charge in [-0.1, -0.05) is 18.2 Å². The van der Waals surface area contributed by atoms with E-state index in [1.54, 1.807) is 12.4 Å². The van der Waals surface area contributed by atoms with Gasteiger partial charge < -0.3 is 9.88 Å². The summed E-state index contributed by atoms with van der Waals surface area (Å²) in [7, 11) is 0. The lowest BCUT2D eigenvalue weighted by molar-refractivity contribution is -0.116. The number of hydrogen-bond acceptors (Lipinski definition) is 2. The summed E-state index contributed by atoms with van der Waals surface area (Å²) in [5.41, 5.74) is 1.92. The van der Waals surface area contributed by atoms with Crippen molar-refractivity contribution in [3.05, 3.63) is 48.0 Å². The predicted octanol–water partition coefficient (Wildman–Crippen LogP) is 2.14. The van der Waals surface area contributed by atoms with Crippen LogP contribution >= 0.6 is 0 Å². The molecule has 0 atom stereocenters. The maximum Gasteiger partial charge on any atom is 0.244 e. The molecule has 0 radical (unpaired) electrons. The number of carbonyl (C=O) groups excluding carboxylic acids is 1. The third-order valence-corrected chi connectivity index (χ3v) is 2.66. The Morgan fingerprint density at radius 3 is 2.76 bits per heavy atom. The standard InChI is InChI=1S/C13H15N3O/c1-10-5-3-4-6-12(10)15-13(17)9-16-8-7-14-11(16)2/h3-8H,9H2,1-2H3,(H,15,17). The molecule has 0 saturated heterocycles. The molecule has 4 nitrogen and oxygen atoms in total. The molecule has 0 fully saturated rings. The maximum absolute atomic E-state index is 11.8. The highest BCUT2D eigenvalue weighted by Gasteiger charge is 2.06. The summed E-state index contributed by atoms with van der Waals surface area (Å²) in [6, 6.07) is 7.72. The van der Waals surface area contributed by atoms with E-state index in [9.17, 15) is 4.79 Å². The molecule has 88 valence electrons. The number of imidazole rings is 1. The Balaban J connectivity index is 2.03. The average molecular weight is 229 g/mol. The minimum Gasteiger partial charge on any atom is -0.326 e. The van der Waals surface area contributed by atoms with Crippen LogP contribution in [0.25, 0.3) is 0 Å². The van der Waals surface area contributed by atoms with Gasteiger partial charge in [-0.15, -0.1) is 0 Å². The van der Waals surface area contributed by atoms with Crippen molar-refractivity contribution in [3.63, 3.8) is 0 Å². The number of para-hydroxylation sites is 1. The number of amides is 1. The van der Waals surface area contributed by atoms with Crippen molar-refractivity contribution in [2.75, 3.05) is 5.32 Å². The molecule has 1 amide bonds. The molecule has 4 heteroatoms. The minimum absolute atomic E-state index is 0.0413. The smallest absolute Gasteiger partial charge is 0.244 e. The lowest BCUT2D eigenvalue weighted by atomic mass is 10.2. The van der Waals surface area contributed by atoms with E-state index in [-0.39, 0.29) is 5.91 Å².